The van der Waals surface area contributed by atoms with Crippen LogP contribution in [0.15, 0.2) is 202 Å². The lowest BCUT2D eigenvalue weighted by Crippen LogP contribution is -2.45. The average molecular weight is 928 g/mol. The van der Waals surface area contributed by atoms with Crippen molar-refractivity contribution in [2.75, 3.05) is 0 Å². The number of nitriles is 2. The van der Waals surface area contributed by atoms with Gasteiger partial charge in [0, 0.05) is 21.2 Å². The number of ketones is 2. The summed E-state index contributed by atoms with van der Waals surface area (Å²) in [6.07, 6.45) is 0. The van der Waals surface area contributed by atoms with Crippen molar-refractivity contribution in [1.82, 2.24) is 8.61 Å². The molecule has 0 bridgehead atoms. The zero-order valence-electron chi connectivity index (χ0n) is 33.4. The molecule has 0 saturated heterocycles. The van der Waals surface area contributed by atoms with Crippen LogP contribution in [0.5, 0.6) is 0 Å². The number of hydrogen-bond donors (Lipinski definition) is 2. The highest BCUT2D eigenvalue weighted by atomic mass is 35.5. The molecule has 0 fully saturated rings. The van der Waals surface area contributed by atoms with Crippen molar-refractivity contribution in [2.45, 2.75) is 33.8 Å². The second-order valence-corrected chi connectivity index (χ2v) is 19.0. The molecule has 4 atom stereocenters. The summed E-state index contributed by atoms with van der Waals surface area (Å²) in [6.45, 7) is 0. The zero-order chi connectivity index (χ0) is 45.8. The van der Waals surface area contributed by atoms with E-state index in [1.807, 2.05) is 12.1 Å². The highest BCUT2D eigenvalue weighted by molar-refractivity contribution is 7.89. The molecule has 0 spiro atoms. The summed E-state index contributed by atoms with van der Waals surface area (Å²) in [5.74, 6) is -2.07. The van der Waals surface area contributed by atoms with Crippen LogP contribution < -0.4 is 11.5 Å². The summed E-state index contributed by atoms with van der Waals surface area (Å²) < 4.78 is 56.9. The Morgan fingerprint density at radius 1 is 0.531 bits per heavy atom. The van der Waals surface area contributed by atoms with Gasteiger partial charge in [-0.25, -0.2) is 21.1 Å². The van der Waals surface area contributed by atoms with Crippen LogP contribution in [0.3, 0.4) is 0 Å². The predicted molar refractivity (Wildman–Crippen MR) is 242 cm³/mol. The van der Waals surface area contributed by atoms with E-state index in [0.717, 1.165) is 8.61 Å². The number of sulfonamides is 2. The van der Waals surface area contributed by atoms with Gasteiger partial charge < -0.3 is 11.5 Å². The van der Waals surface area contributed by atoms with Gasteiger partial charge >= 0.3 is 0 Å². The molecule has 4 unspecified atom stereocenters. The van der Waals surface area contributed by atoms with Crippen molar-refractivity contribution in [1.29, 1.82) is 10.5 Å². The third-order valence-corrected chi connectivity index (χ3v) is 14.8. The van der Waals surface area contributed by atoms with Crippen LogP contribution in [-0.2, 0) is 20.0 Å². The minimum atomic E-state index is -4.27. The van der Waals surface area contributed by atoms with E-state index in [1.54, 1.807) is 121 Å². The lowest BCUT2D eigenvalue weighted by molar-refractivity contribution is 0.0906. The zero-order valence-corrected chi connectivity index (χ0v) is 36.6. The van der Waals surface area contributed by atoms with Gasteiger partial charge in [0.2, 0.25) is 10.0 Å². The van der Waals surface area contributed by atoms with E-state index in [2.05, 4.69) is 0 Å². The van der Waals surface area contributed by atoms with Crippen LogP contribution in [0.25, 0.3) is 0 Å². The second kappa shape index (κ2) is 18.7. The molecule has 2 aliphatic rings. The Hall–Kier alpha value is -7.04. The summed E-state index contributed by atoms with van der Waals surface area (Å²) in [4.78, 5) is 27.0. The molecule has 16 heteroatoms. The molecule has 2 aliphatic heterocycles. The molecule has 8 rings (SSSR count). The number of carbonyl (C=O) groups excluding carboxylic acids is 2. The first-order chi connectivity index (χ1) is 30.7. The van der Waals surface area contributed by atoms with Gasteiger partial charge in [-0.05, 0) is 59.7 Å². The van der Waals surface area contributed by atoms with E-state index < -0.39 is 55.7 Å². The summed E-state index contributed by atoms with van der Waals surface area (Å²) in [7, 11) is -8.52. The largest absolute Gasteiger partial charge is 0.399 e. The van der Waals surface area contributed by atoms with Crippen LogP contribution in [0.4, 0.5) is 0 Å². The molecule has 320 valence electrons. The van der Waals surface area contributed by atoms with Gasteiger partial charge in [-0.1, -0.05) is 145 Å². The van der Waals surface area contributed by atoms with Crippen molar-refractivity contribution < 1.29 is 26.4 Å². The molecule has 0 aromatic heterocycles. The molecule has 0 saturated carbocycles. The monoisotopic (exact) mass is 926 g/mol. The van der Waals surface area contributed by atoms with Gasteiger partial charge in [-0.15, -0.1) is 0 Å². The topological polar surface area (TPSA) is 209 Å². The smallest absolute Gasteiger partial charge is 0.266 e. The van der Waals surface area contributed by atoms with Crippen molar-refractivity contribution in [3.63, 3.8) is 0 Å². The van der Waals surface area contributed by atoms with Gasteiger partial charge in [-0.3, -0.25) is 9.59 Å². The van der Waals surface area contributed by atoms with Gasteiger partial charge in [0.15, 0.2) is 11.6 Å². The van der Waals surface area contributed by atoms with Crippen molar-refractivity contribution in [3.05, 3.63) is 225 Å². The van der Waals surface area contributed by atoms with Crippen LogP contribution in [0.2, 0.25) is 10.0 Å². The number of benzene rings is 6. The first kappa shape index (κ1) is 45.0. The summed E-state index contributed by atoms with van der Waals surface area (Å²) in [6, 6.07) is 45.8. The molecule has 0 radical (unpaired) electrons. The summed E-state index contributed by atoms with van der Waals surface area (Å²) in [5, 5.41) is 20.5. The molecule has 0 aliphatic carbocycles. The number of nitrogens with zero attached hydrogens (tertiary/aromatic N) is 4. The predicted octanol–water partition coefficient (Wildman–Crippen LogP) is 8.15. The maximum Gasteiger partial charge on any atom is 0.266 e. The van der Waals surface area contributed by atoms with Gasteiger partial charge in [0.05, 0.1) is 50.7 Å². The Morgan fingerprint density at radius 3 is 1.39 bits per heavy atom. The van der Waals surface area contributed by atoms with Crippen LogP contribution in [-0.4, -0.2) is 49.1 Å². The van der Waals surface area contributed by atoms with Gasteiger partial charge in [0.25, 0.3) is 10.0 Å². The van der Waals surface area contributed by atoms with Crippen molar-refractivity contribution >= 4 is 54.8 Å². The lowest BCUT2D eigenvalue weighted by atomic mass is 9.84. The Morgan fingerprint density at radius 2 is 0.938 bits per heavy atom. The van der Waals surface area contributed by atoms with E-state index in [-0.39, 0.29) is 32.5 Å². The minimum absolute atomic E-state index is 0.0306. The number of hydrogen-bond acceptors (Lipinski definition) is 10. The van der Waals surface area contributed by atoms with Crippen molar-refractivity contribution in [2.24, 2.45) is 11.5 Å². The minimum Gasteiger partial charge on any atom is -0.399 e. The number of Topliss-reactive ketones (excluding diaryl/α,β-unsaturated/α-hetero) is 2. The number of carbonyl (C=O) groups is 2. The molecule has 64 heavy (non-hydrogen) atoms. The molecular weight excluding hydrogens is 892 g/mol. The van der Waals surface area contributed by atoms with E-state index >= 15 is 0 Å². The SMILES string of the molecule is N#CC1=C(N)C(C(=O)c2ccccc2)N(S(=O)(=O)c2ccc(Cl)cc2)C1c1ccccc1.N#CC1=C(N)N(S(=O)(=O)c2ccc(Cl)cc2)C(C(=O)c2ccccc2)C1c1ccccc1. The number of halogens is 2. The third-order valence-electron chi connectivity index (χ3n) is 10.7. The summed E-state index contributed by atoms with van der Waals surface area (Å²) in [5.41, 5.74) is 14.3. The quantitative estimate of drug-likeness (QED) is 0.126. The Labute approximate surface area is 380 Å². The standard InChI is InChI=1S/2C24H18ClN3O3S/c25-18-11-13-19(14-12-18)32(30,31)28-22(16-7-3-1-4-8-16)20(15-26)21(27)23(28)24(29)17-9-5-2-6-10-17;25-18-11-13-19(14-12-18)32(30,31)28-22(23(29)17-9-5-2-6-10-17)21(20(15-26)24(28)27)16-7-3-1-4-8-16/h1-14,22-23H,27H2;1-14,21-22H,27H2. The fraction of sp³-hybridized carbons (Fsp3) is 0.0833. The fourth-order valence-corrected chi connectivity index (χ4v) is 11.3. The van der Waals surface area contributed by atoms with Gasteiger partial charge in [0.1, 0.15) is 17.9 Å². The molecule has 12 nitrogen and oxygen atoms in total. The van der Waals surface area contributed by atoms with Crippen LogP contribution >= 0.6 is 23.2 Å². The molecule has 6 aromatic rings. The third kappa shape index (κ3) is 8.53. The maximum absolute atomic E-state index is 13.8. The maximum atomic E-state index is 13.8. The average Bonchev–Trinajstić information content (AvgIpc) is 3.80. The van der Waals surface area contributed by atoms with Gasteiger partial charge in [-0.2, -0.15) is 14.8 Å². The molecule has 4 N–H and O–H groups in total. The fourth-order valence-electron chi connectivity index (χ4n) is 7.70. The number of nitrogens with two attached hydrogens (primary N) is 2. The molecule has 6 aromatic carbocycles. The normalized spacial score (nSPS) is 18.7. The van der Waals surface area contributed by atoms with E-state index in [4.69, 9.17) is 34.7 Å². The van der Waals surface area contributed by atoms with Crippen LogP contribution in [0.1, 0.15) is 43.8 Å². The highest BCUT2D eigenvalue weighted by Crippen LogP contribution is 2.45. The Balaban J connectivity index is 0.000000191. The lowest BCUT2D eigenvalue weighted by Gasteiger charge is -2.30. The van der Waals surface area contributed by atoms with E-state index in [1.165, 1.54) is 48.5 Å². The first-order valence-electron chi connectivity index (χ1n) is 19.4. The number of rotatable bonds is 10. The summed E-state index contributed by atoms with van der Waals surface area (Å²) >= 11 is 11.9. The highest BCUT2D eigenvalue weighted by Gasteiger charge is 2.52. The molecule has 2 heterocycles. The molecular formula is C48H36Cl2N6O6S2. The van der Waals surface area contributed by atoms with Crippen LogP contribution in [0, 0.1) is 22.7 Å². The van der Waals surface area contributed by atoms with E-state index in [9.17, 15) is 36.9 Å². The Bertz CT molecular complexity index is 3090. The second-order valence-electron chi connectivity index (χ2n) is 14.4. The molecule has 0 amide bonds. The van der Waals surface area contributed by atoms with E-state index in [0.29, 0.717) is 32.3 Å². The Kier molecular flexibility index (Phi) is 13.2. The first-order valence-corrected chi connectivity index (χ1v) is 23.0. The van der Waals surface area contributed by atoms with Crippen molar-refractivity contribution in [3.8, 4) is 12.1 Å².